The fraction of sp³-hybridized carbons (Fsp3) is 0.533. The first-order chi connectivity index (χ1) is 9.65. The Hall–Kier alpha value is -1.46. The Bertz CT molecular complexity index is 474. The largest absolute Gasteiger partial charge is 0.465 e. The van der Waals surface area contributed by atoms with E-state index in [2.05, 4.69) is 9.64 Å². The zero-order valence-electron chi connectivity index (χ0n) is 11.6. The standard InChI is InChI=1S/C15H20FNO3/c1-20-15(19)13-6-5-11(9-14(13)16)10-17(7-8-18)12-3-2-4-12/h5-6,9,12,18H,2-4,7-8,10H2,1H3. The van der Waals surface area contributed by atoms with Crippen LogP contribution in [0, 0.1) is 5.82 Å². The first-order valence-corrected chi connectivity index (χ1v) is 6.87. The van der Waals surface area contributed by atoms with Crippen LogP contribution in [0.5, 0.6) is 0 Å². The van der Waals surface area contributed by atoms with Crippen LogP contribution in [0.1, 0.15) is 35.2 Å². The number of nitrogens with zero attached hydrogens (tertiary/aromatic N) is 1. The number of hydrogen-bond donors (Lipinski definition) is 1. The highest BCUT2D eigenvalue weighted by Crippen LogP contribution is 2.26. The van der Waals surface area contributed by atoms with Crippen LogP contribution in [0.25, 0.3) is 0 Å². The van der Waals surface area contributed by atoms with Gasteiger partial charge in [0.2, 0.25) is 0 Å². The summed E-state index contributed by atoms with van der Waals surface area (Å²) >= 11 is 0. The molecular formula is C15H20FNO3. The average molecular weight is 281 g/mol. The molecule has 0 bridgehead atoms. The minimum Gasteiger partial charge on any atom is -0.465 e. The van der Waals surface area contributed by atoms with Gasteiger partial charge in [0.15, 0.2) is 0 Å². The molecule has 0 atom stereocenters. The van der Waals surface area contributed by atoms with E-state index in [1.165, 1.54) is 25.7 Å². The number of carbonyl (C=O) groups is 1. The molecule has 1 aliphatic carbocycles. The number of ether oxygens (including phenoxy) is 1. The molecule has 0 heterocycles. The number of aliphatic hydroxyl groups excluding tert-OH is 1. The average Bonchev–Trinajstić information content (AvgIpc) is 2.36. The summed E-state index contributed by atoms with van der Waals surface area (Å²) in [5.74, 6) is -1.23. The Kier molecular flexibility index (Phi) is 5.09. The molecule has 2 rings (SSSR count). The van der Waals surface area contributed by atoms with E-state index in [4.69, 9.17) is 5.11 Å². The summed E-state index contributed by atoms with van der Waals surface area (Å²) in [5, 5.41) is 9.11. The minimum atomic E-state index is -0.666. The van der Waals surface area contributed by atoms with Gasteiger partial charge in [0.1, 0.15) is 5.82 Å². The van der Waals surface area contributed by atoms with Gasteiger partial charge in [-0.3, -0.25) is 4.90 Å². The maximum atomic E-state index is 13.9. The second-order valence-corrected chi connectivity index (χ2v) is 5.08. The normalized spacial score (nSPS) is 15.2. The van der Waals surface area contributed by atoms with Crippen molar-refractivity contribution in [3.63, 3.8) is 0 Å². The van der Waals surface area contributed by atoms with Crippen molar-refractivity contribution in [1.29, 1.82) is 0 Å². The lowest BCUT2D eigenvalue weighted by atomic mass is 9.91. The van der Waals surface area contributed by atoms with Crippen LogP contribution in [0.15, 0.2) is 18.2 Å². The van der Waals surface area contributed by atoms with E-state index in [1.54, 1.807) is 6.07 Å². The van der Waals surface area contributed by atoms with Gasteiger partial charge in [0.05, 0.1) is 19.3 Å². The quantitative estimate of drug-likeness (QED) is 0.810. The van der Waals surface area contributed by atoms with E-state index in [0.717, 1.165) is 18.4 Å². The zero-order valence-corrected chi connectivity index (χ0v) is 11.6. The highest BCUT2D eigenvalue weighted by molar-refractivity contribution is 5.89. The molecule has 1 saturated carbocycles. The predicted molar refractivity (Wildman–Crippen MR) is 72.9 cm³/mol. The van der Waals surface area contributed by atoms with Crippen molar-refractivity contribution < 1.29 is 19.0 Å². The summed E-state index contributed by atoms with van der Waals surface area (Å²) in [6, 6.07) is 5.03. The molecule has 1 aliphatic rings. The molecule has 1 aromatic rings. The fourth-order valence-electron chi connectivity index (χ4n) is 2.44. The maximum Gasteiger partial charge on any atom is 0.340 e. The Morgan fingerprint density at radius 1 is 1.50 bits per heavy atom. The van der Waals surface area contributed by atoms with Gasteiger partial charge in [0.25, 0.3) is 0 Å². The fourth-order valence-corrected chi connectivity index (χ4v) is 2.44. The van der Waals surface area contributed by atoms with E-state index in [-0.39, 0.29) is 12.2 Å². The second kappa shape index (κ2) is 6.81. The summed E-state index contributed by atoms with van der Waals surface area (Å²) in [6.45, 7) is 1.27. The van der Waals surface area contributed by atoms with Crippen molar-refractivity contribution in [2.75, 3.05) is 20.3 Å². The molecule has 0 aliphatic heterocycles. The first kappa shape index (κ1) is 14.9. The maximum absolute atomic E-state index is 13.9. The van der Waals surface area contributed by atoms with Gasteiger partial charge < -0.3 is 9.84 Å². The monoisotopic (exact) mass is 281 g/mol. The molecular weight excluding hydrogens is 261 g/mol. The molecule has 0 amide bonds. The number of halogens is 1. The van der Waals surface area contributed by atoms with Gasteiger partial charge in [-0.25, -0.2) is 9.18 Å². The smallest absolute Gasteiger partial charge is 0.340 e. The van der Waals surface area contributed by atoms with Crippen LogP contribution in [-0.2, 0) is 11.3 Å². The molecule has 4 nitrogen and oxygen atoms in total. The Morgan fingerprint density at radius 2 is 2.25 bits per heavy atom. The lowest BCUT2D eigenvalue weighted by molar-refractivity contribution is 0.0595. The van der Waals surface area contributed by atoms with Crippen molar-refractivity contribution >= 4 is 5.97 Å². The zero-order chi connectivity index (χ0) is 14.5. The van der Waals surface area contributed by atoms with E-state index in [0.29, 0.717) is 19.1 Å². The number of rotatable bonds is 6. The summed E-state index contributed by atoms with van der Waals surface area (Å²) in [4.78, 5) is 13.5. The van der Waals surface area contributed by atoms with Crippen LogP contribution in [0.4, 0.5) is 4.39 Å². The molecule has 110 valence electrons. The Morgan fingerprint density at radius 3 is 2.75 bits per heavy atom. The lowest BCUT2D eigenvalue weighted by Crippen LogP contribution is -2.41. The first-order valence-electron chi connectivity index (χ1n) is 6.87. The van der Waals surface area contributed by atoms with Crippen LogP contribution in [-0.4, -0.2) is 42.3 Å². The van der Waals surface area contributed by atoms with Crippen molar-refractivity contribution in [1.82, 2.24) is 4.90 Å². The molecule has 1 aromatic carbocycles. The van der Waals surface area contributed by atoms with Gasteiger partial charge in [-0.1, -0.05) is 12.5 Å². The highest BCUT2D eigenvalue weighted by Gasteiger charge is 2.24. The van der Waals surface area contributed by atoms with Crippen molar-refractivity contribution in [3.8, 4) is 0 Å². The van der Waals surface area contributed by atoms with E-state index in [1.807, 2.05) is 0 Å². The van der Waals surface area contributed by atoms with Crippen molar-refractivity contribution in [2.45, 2.75) is 31.8 Å². The molecule has 0 saturated heterocycles. The van der Waals surface area contributed by atoms with Crippen LogP contribution in [0.3, 0.4) is 0 Å². The molecule has 0 spiro atoms. The van der Waals surface area contributed by atoms with E-state index < -0.39 is 11.8 Å². The molecule has 1 fully saturated rings. The van der Waals surface area contributed by atoms with E-state index >= 15 is 0 Å². The summed E-state index contributed by atoms with van der Waals surface area (Å²) < 4.78 is 18.4. The molecule has 1 N–H and O–H groups in total. The van der Waals surface area contributed by atoms with Crippen LogP contribution < -0.4 is 0 Å². The van der Waals surface area contributed by atoms with Gasteiger partial charge in [-0.2, -0.15) is 0 Å². The third-order valence-corrected chi connectivity index (χ3v) is 3.80. The third-order valence-electron chi connectivity index (χ3n) is 3.80. The van der Waals surface area contributed by atoms with Crippen molar-refractivity contribution in [3.05, 3.63) is 35.1 Å². The summed E-state index contributed by atoms with van der Waals surface area (Å²) in [7, 11) is 1.23. The molecule has 20 heavy (non-hydrogen) atoms. The number of hydrogen-bond acceptors (Lipinski definition) is 4. The Balaban J connectivity index is 2.08. The topological polar surface area (TPSA) is 49.8 Å². The summed E-state index contributed by atoms with van der Waals surface area (Å²) in [6.07, 6.45) is 3.47. The third kappa shape index (κ3) is 3.35. The molecule has 0 radical (unpaired) electrons. The van der Waals surface area contributed by atoms with Crippen molar-refractivity contribution in [2.24, 2.45) is 0 Å². The van der Waals surface area contributed by atoms with Crippen LogP contribution in [0.2, 0.25) is 0 Å². The second-order valence-electron chi connectivity index (χ2n) is 5.08. The van der Waals surface area contributed by atoms with Gasteiger partial charge in [-0.15, -0.1) is 0 Å². The van der Waals surface area contributed by atoms with Crippen LogP contribution >= 0.6 is 0 Å². The van der Waals surface area contributed by atoms with Gasteiger partial charge >= 0.3 is 5.97 Å². The minimum absolute atomic E-state index is 0.0476. The van der Waals surface area contributed by atoms with Gasteiger partial charge in [-0.05, 0) is 30.5 Å². The number of benzene rings is 1. The number of esters is 1. The Labute approximate surface area is 118 Å². The highest BCUT2D eigenvalue weighted by atomic mass is 19.1. The number of carbonyl (C=O) groups excluding carboxylic acids is 1. The number of methoxy groups -OCH3 is 1. The molecule has 0 unspecified atom stereocenters. The van der Waals surface area contributed by atoms with Gasteiger partial charge in [0, 0.05) is 19.1 Å². The molecule has 0 aromatic heterocycles. The van der Waals surface area contributed by atoms with E-state index in [9.17, 15) is 9.18 Å². The predicted octanol–water partition coefficient (Wildman–Crippen LogP) is 1.96. The lowest BCUT2D eigenvalue weighted by Gasteiger charge is -2.37. The summed E-state index contributed by atoms with van der Waals surface area (Å²) in [5.41, 5.74) is 0.754. The molecule has 5 heteroatoms. The SMILES string of the molecule is COC(=O)c1ccc(CN(CCO)C2CCC2)cc1F. The number of aliphatic hydroxyl groups is 1.